The quantitative estimate of drug-likeness (QED) is 0.746. The number of ether oxygens (including phenoxy) is 1. The summed E-state index contributed by atoms with van der Waals surface area (Å²) < 4.78 is 18.7. The molecular formula is C13H16FNO. The van der Waals surface area contributed by atoms with Gasteiger partial charge in [0.15, 0.2) is 11.6 Å². The zero-order chi connectivity index (χ0) is 11.4. The fourth-order valence-electron chi connectivity index (χ4n) is 1.47. The number of halogens is 1. The molecule has 1 fully saturated rings. The van der Waals surface area contributed by atoms with Gasteiger partial charge in [0.05, 0.1) is 0 Å². The summed E-state index contributed by atoms with van der Waals surface area (Å²) in [5, 5.41) is 3.34. The normalized spacial score (nSPS) is 14.8. The van der Waals surface area contributed by atoms with E-state index in [0.29, 0.717) is 12.6 Å². The highest BCUT2D eigenvalue weighted by atomic mass is 19.1. The first kappa shape index (κ1) is 11.1. The van der Waals surface area contributed by atoms with Crippen LogP contribution in [0.3, 0.4) is 0 Å². The molecule has 0 aromatic heterocycles. The van der Waals surface area contributed by atoms with E-state index in [2.05, 4.69) is 11.9 Å². The maximum atomic E-state index is 13.5. The molecule has 1 saturated carbocycles. The Bertz CT molecular complexity index is 374. The van der Waals surface area contributed by atoms with Crippen molar-refractivity contribution in [2.75, 3.05) is 6.61 Å². The maximum absolute atomic E-state index is 13.5. The summed E-state index contributed by atoms with van der Waals surface area (Å²) in [6.07, 6.45) is 4.08. The second kappa shape index (κ2) is 5.12. The Hall–Kier alpha value is -1.35. The van der Waals surface area contributed by atoms with E-state index < -0.39 is 0 Å². The minimum Gasteiger partial charge on any atom is -0.486 e. The second-order valence-corrected chi connectivity index (χ2v) is 4.02. The molecule has 1 N–H and O–H groups in total. The number of benzene rings is 1. The molecule has 1 aromatic carbocycles. The zero-order valence-corrected chi connectivity index (χ0v) is 9.21. The topological polar surface area (TPSA) is 21.3 Å². The van der Waals surface area contributed by atoms with Gasteiger partial charge in [-0.05, 0) is 30.5 Å². The van der Waals surface area contributed by atoms with Gasteiger partial charge in [0, 0.05) is 12.6 Å². The van der Waals surface area contributed by atoms with Crippen LogP contribution in [-0.2, 0) is 6.54 Å². The van der Waals surface area contributed by atoms with Crippen molar-refractivity contribution >= 4 is 0 Å². The zero-order valence-electron chi connectivity index (χ0n) is 9.21. The number of nitrogens with one attached hydrogen (secondary N) is 1. The van der Waals surface area contributed by atoms with Crippen LogP contribution in [-0.4, -0.2) is 12.6 Å². The molecule has 0 spiro atoms. The second-order valence-electron chi connectivity index (χ2n) is 4.02. The van der Waals surface area contributed by atoms with Crippen LogP contribution in [0.5, 0.6) is 5.75 Å². The Labute approximate surface area is 95.1 Å². The molecular weight excluding hydrogens is 205 g/mol. The Morgan fingerprint density at radius 3 is 2.94 bits per heavy atom. The number of hydrogen-bond acceptors (Lipinski definition) is 2. The van der Waals surface area contributed by atoms with E-state index >= 15 is 0 Å². The molecule has 2 nitrogen and oxygen atoms in total. The van der Waals surface area contributed by atoms with Crippen molar-refractivity contribution in [3.05, 3.63) is 42.2 Å². The number of rotatable bonds is 6. The first-order chi connectivity index (χ1) is 7.79. The third kappa shape index (κ3) is 3.07. The molecule has 0 aliphatic heterocycles. The largest absolute Gasteiger partial charge is 0.486 e. The minimum absolute atomic E-state index is 0.287. The van der Waals surface area contributed by atoms with E-state index in [1.165, 1.54) is 18.9 Å². The van der Waals surface area contributed by atoms with Crippen molar-refractivity contribution < 1.29 is 9.13 Å². The van der Waals surface area contributed by atoms with Crippen LogP contribution in [0.2, 0.25) is 0 Å². The molecule has 1 aromatic rings. The van der Waals surface area contributed by atoms with Crippen LogP contribution in [0.1, 0.15) is 18.4 Å². The van der Waals surface area contributed by atoms with Crippen molar-refractivity contribution in [2.45, 2.75) is 25.4 Å². The van der Waals surface area contributed by atoms with Crippen molar-refractivity contribution in [1.29, 1.82) is 0 Å². The summed E-state index contributed by atoms with van der Waals surface area (Å²) in [7, 11) is 0. The molecule has 1 aliphatic rings. The molecule has 0 heterocycles. The summed E-state index contributed by atoms with van der Waals surface area (Å²) in [6.45, 7) is 4.58. The smallest absolute Gasteiger partial charge is 0.165 e. The van der Waals surface area contributed by atoms with E-state index in [0.717, 1.165) is 12.1 Å². The summed E-state index contributed by atoms with van der Waals surface area (Å²) in [6, 6.07) is 5.72. The fraction of sp³-hybridized carbons (Fsp3) is 0.385. The predicted molar refractivity (Wildman–Crippen MR) is 62.0 cm³/mol. The number of hydrogen-bond donors (Lipinski definition) is 1. The van der Waals surface area contributed by atoms with Gasteiger partial charge in [0.2, 0.25) is 0 Å². The molecule has 0 unspecified atom stereocenters. The molecule has 0 saturated heterocycles. The Morgan fingerprint density at radius 2 is 2.31 bits per heavy atom. The molecule has 0 radical (unpaired) electrons. The van der Waals surface area contributed by atoms with Crippen LogP contribution in [0.4, 0.5) is 4.39 Å². The van der Waals surface area contributed by atoms with Gasteiger partial charge in [0.25, 0.3) is 0 Å². The van der Waals surface area contributed by atoms with E-state index in [1.807, 2.05) is 6.07 Å². The van der Waals surface area contributed by atoms with Gasteiger partial charge < -0.3 is 10.1 Å². The lowest BCUT2D eigenvalue weighted by Crippen LogP contribution is -2.15. The van der Waals surface area contributed by atoms with Crippen molar-refractivity contribution in [2.24, 2.45) is 0 Å². The van der Waals surface area contributed by atoms with E-state index in [-0.39, 0.29) is 11.6 Å². The first-order valence-electron chi connectivity index (χ1n) is 5.55. The maximum Gasteiger partial charge on any atom is 0.165 e. The predicted octanol–water partition coefficient (Wildman–Crippen LogP) is 2.64. The molecule has 1 aliphatic carbocycles. The Balaban J connectivity index is 1.94. The van der Waals surface area contributed by atoms with Gasteiger partial charge in [-0.25, -0.2) is 4.39 Å². The Kier molecular flexibility index (Phi) is 3.57. The lowest BCUT2D eigenvalue weighted by molar-refractivity contribution is 0.341. The van der Waals surface area contributed by atoms with Gasteiger partial charge in [0.1, 0.15) is 6.61 Å². The van der Waals surface area contributed by atoms with Crippen LogP contribution < -0.4 is 10.1 Å². The third-order valence-electron chi connectivity index (χ3n) is 2.53. The van der Waals surface area contributed by atoms with Gasteiger partial charge >= 0.3 is 0 Å². The average molecular weight is 221 g/mol. The first-order valence-corrected chi connectivity index (χ1v) is 5.55. The van der Waals surface area contributed by atoms with Crippen molar-refractivity contribution in [3.8, 4) is 5.75 Å². The summed E-state index contributed by atoms with van der Waals surface area (Å²) in [4.78, 5) is 0. The Morgan fingerprint density at radius 1 is 1.50 bits per heavy atom. The molecule has 0 amide bonds. The van der Waals surface area contributed by atoms with Crippen LogP contribution in [0, 0.1) is 5.82 Å². The summed E-state index contributed by atoms with van der Waals surface area (Å²) in [5.74, 6) is -0.0213. The highest BCUT2D eigenvalue weighted by Crippen LogP contribution is 2.21. The fourth-order valence-corrected chi connectivity index (χ4v) is 1.47. The molecule has 2 rings (SSSR count). The highest BCUT2D eigenvalue weighted by molar-refractivity contribution is 5.29. The SMILES string of the molecule is C=CCOc1ccc(CNC2CC2)cc1F. The van der Waals surface area contributed by atoms with Gasteiger partial charge in [-0.1, -0.05) is 18.7 Å². The van der Waals surface area contributed by atoms with Crippen LogP contribution in [0.15, 0.2) is 30.9 Å². The molecule has 0 atom stereocenters. The van der Waals surface area contributed by atoms with Crippen molar-refractivity contribution in [1.82, 2.24) is 5.32 Å². The van der Waals surface area contributed by atoms with Gasteiger partial charge in [-0.15, -0.1) is 0 Å². The summed E-state index contributed by atoms with van der Waals surface area (Å²) >= 11 is 0. The van der Waals surface area contributed by atoms with E-state index in [9.17, 15) is 4.39 Å². The van der Waals surface area contributed by atoms with Gasteiger partial charge in [-0.2, -0.15) is 0 Å². The van der Waals surface area contributed by atoms with E-state index in [1.54, 1.807) is 12.1 Å². The third-order valence-corrected chi connectivity index (χ3v) is 2.53. The lowest BCUT2D eigenvalue weighted by atomic mass is 10.2. The molecule has 3 heteroatoms. The van der Waals surface area contributed by atoms with E-state index in [4.69, 9.17) is 4.74 Å². The molecule has 86 valence electrons. The highest BCUT2D eigenvalue weighted by Gasteiger charge is 2.20. The summed E-state index contributed by atoms with van der Waals surface area (Å²) in [5.41, 5.74) is 0.954. The van der Waals surface area contributed by atoms with Gasteiger partial charge in [-0.3, -0.25) is 0 Å². The minimum atomic E-state index is -0.308. The average Bonchev–Trinajstić information content (AvgIpc) is 3.09. The van der Waals surface area contributed by atoms with Crippen molar-refractivity contribution in [3.63, 3.8) is 0 Å². The van der Waals surface area contributed by atoms with Crippen LogP contribution >= 0.6 is 0 Å². The molecule has 0 bridgehead atoms. The standard InChI is InChI=1S/C13H16FNO/c1-2-7-16-13-6-3-10(8-12(13)14)9-15-11-4-5-11/h2-3,6,8,11,15H,1,4-5,7,9H2. The van der Waals surface area contributed by atoms with Crippen LogP contribution in [0.25, 0.3) is 0 Å². The molecule has 16 heavy (non-hydrogen) atoms. The lowest BCUT2D eigenvalue weighted by Gasteiger charge is -2.07. The monoisotopic (exact) mass is 221 g/mol.